The molecule has 30 heavy (non-hydrogen) atoms. The van der Waals surface area contributed by atoms with E-state index >= 15 is 0 Å². The molecule has 2 aromatic carbocycles. The molecule has 2 N–H and O–H groups in total. The maximum Gasteiger partial charge on any atom is 0.191 e. The Morgan fingerprint density at radius 2 is 1.73 bits per heavy atom. The minimum Gasteiger partial charge on any atom is -0.370 e. The van der Waals surface area contributed by atoms with Gasteiger partial charge in [-0.1, -0.05) is 36.4 Å². The smallest absolute Gasteiger partial charge is 0.191 e. The lowest BCUT2D eigenvalue weighted by Crippen LogP contribution is -2.41. The van der Waals surface area contributed by atoms with Gasteiger partial charge in [0.2, 0.25) is 0 Å². The fourth-order valence-corrected chi connectivity index (χ4v) is 3.96. The van der Waals surface area contributed by atoms with Crippen molar-refractivity contribution >= 4 is 21.5 Å². The lowest BCUT2D eigenvalue weighted by Gasteiger charge is -2.24. The predicted molar refractivity (Wildman–Crippen MR) is 127 cm³/mol. The van der Waals surface area contributed by atoms with Gasteiger partial charge in [0.1, 0.15) is 0 Å². The summed E-state index contributed by atoms with van der Waals surface area (Å²) in [5.74, 6) is 0.841. The second kappa shape index (κ2) is 11.6. The summed E-state index contributed by atoms with van der Waals surface area (Å²) in [6.45, 7) is 10.2. The Kier molecular flexibility index (Phi) is 9.17. The normalized spacial score (nSPS) is 11.9. The number of aliphatic imine (C=N–C) groups is 1. The van der Waals surface area contributed by atoms with Crippen LogP contribution in [0.15, 0.2) is 53.5 Å². The van der Waals surface area contributed by atoms with Gasteiger partial charge < -0.3 is 15.5 Å². The fourth-order valence-electron chi connectivity index (χ4n) is 3.16. The van der Waals surface area contributed by atoms with Crippen molar-refractivity contribution in [1.29, 1.82) is 0 Å². The number of nitrogens with one attached hydrogen (secondary N) is 2. The molecule has 0 amide bonds. The van der Waals surface area contributed by atoms with Gasteiger partial charge in [0.15, 0.2) is 15.8 Å². The SMILES string of the molecule is CCNC(=NCc1ccc(CS(C)(=O)=O)cc1)NCCN(CC)c1cccc(C)c1. The number of anilines is 1. The van der Waals surface area contributed by atoms with E-state index in [-0.39, 0.29) is 5.75 Å². The molecule has 0 saturated carbocycles. The number of guanidine groups is 1. The summed E-state index contributed by atoms with van der Waals surface area (Å²) in [5, 5.41) is 6.68. The quantitative estimate of drug-likeness (QED) is 0.448. The Morgan fingerprint density at radius 1 is 1.03 bits per heavy atom. The first kappa shape index (κ1) is 23.7. The number of benzene rings is 2. The van der Waals surface area contributed by atoms with Gasteiger partial charge in [0, 0.05) is 38.1 Å². The third-order valence-electron chi connectivity index (χ3n) is 4.64. The van der Waals surface area contributed by atoms with Crippen molar-refractivity contribution in [3.63, 3.8) is 0 Å². The van der Waals surface area contributed by atoms with E-state index in [0.717, 1.165) is 43.3 Å². The van der Waals surface area contributed by atoms with Crippen molar-refractivity contribution in [1.82, 2.24) is 10.6 Å². The molecule has 0 atom stereocenters. The zero-order chi connectivity index (χ0) is 22.0. The lowest BCUT2D eigenvalue weighted by atomic mass is 10.1. The minimum absolute atomic E-state index is 0.0651. The van der Waals surface area contributed by atoms with Gasteiger partial charge in [-0.15, -0.1) is 0 Å². The number of likely N-dealkylation sites (N-methyl/N-ethyl adjacent to an activating group) is 1. The van der Waals surface area contributed by atoms with E-state index in [4.69, 9.17) is 0 Å². The van der Waals surface area contributed by atoms with E-state index in [0.29, 0.717) is 6.54 Å². The molecule has 0 radical (unpaired) electrons. The van der Waals surface area contributed by atoms with E-state index in [1.54, 1.807) is 0 Å². The number of rotatable bonds is 10. The van der Waals surface area contributed by atoms with Gasteiger partial charge in [-0.3, -0.25) is 0 Å². The van der Waals surface area contributed by atoms with Crippen LogP contribution in [0.25, 0.3) is 0 Å². The topological polar surface area (TPSA) is 73.8 Å². The van der Waals surface area contributed by atoms with Crippen molar-refractivity contribution < 1.29 is 8.42 Å². The lowest BCUT2D eigenvalue weighted by molar-refractivity contribution is 0.601. The van der Waals surface area contributed by atoms with Crippen molar-refractivity contribution in [3.05, 3.63) is 65.2 Å². The zero-order valence-corrected chi connectivity index (χ0v) is 19.3. The molecule has 0 aliphatic carbocycles. The maximum atomic E-state index is 11.4. The second-order valence-corrected chi connectivity index (χ2v) is 9.57. The number of hydrogen-bond acceptors (Lipinski definition) is 4. The molecule has 164 valence electrons. The summed E-state index contributed by atoms with van der Waals surface area (Å²) in [4.78, 5) is 6.99. The summed E-state index contributed by atoms with van der Waals surface area (Å²) in [6.07, 6.45) is 1.25. The fraction of sp³-hybridized carbons (Fsp3) is 0.435. The van der Waals surface area contributed by atoms with Crippen molar-refractivity contribution in [2.45, 2.75) is 33.1 Å². The van der Waals surface area contributed by atoms with Gasteiger partial charge in [-0.05, 0) is 49.6 Å². The Labute approximate surface area is 181 Å². The molecule has 2 aromatic rings. The number of hydrogen-bond donors (Lipinski definition) is 2. The highest BCUT2D eigenvalue weighted by Crippen LogP contribution is 2.15. The van der Waals surface area contributed by atoms with Gasteiger partial charge in [0.05, 0.1) is 12.3 Å². The van der Waals surface area contributed by atoms with E-state index in [1.807, 2.05) is 31.2 Å². The number of sulfone groups is 1. The van der Waals surface area contributed by atoms with Crippen LogP contribution in [0.2, 0.25) is 0 Å². The molecule has 2 rings (SSSR count). The van der Waals surface area contributed by atoms with Gasteiger partial charge in [0.25, 0.3) is 0 Å². The maximum absolute atomic E-state index is 11.4. The molecule has 0 bridgehead atoms. The third-order valence-corrected chi connectivity index (χ3v) is 5.50. The van der Waals surface area contributed by atoms with Crippen LogP contribution in [-0.4, -0.2) is 46.8 Å². The van der Waals surface area contributed by atoms with Crippen LogP contribution in [-0.2, 0) is 22.1 Å². The van der Waals surface area contributed by atoms with Gasteiger partial charge in [-0.25, -0.2) is 13.4 Å². The van der Waals surface area contributed by atoms with E-state index in [2.05, 4.69) is 58.6 Å². The van der Waals surface area contributed by atoms with Gasteiger partial charge >= 0.3 is 0 Å². The standard InChI is InChI=1S/C23H34N4O2S/c1-5-24-23(25-14-15-27(6-2)22-9-7-8-19(3)16-22)26-17-20-10-12-21(13-11-20)18-30(4,28)29/h7-13,16H,5-6,14-15,17-18H2,1-4H3,(H2,24,25,26). The van der Waals surface area contributed by atoms with E-state index < -0.39 is 9.84 Å². The van der Waals surface area contributed by atoms with Crippen LogP contribution >= 0.6 is 0 Å². The Bertz CT molecular complexity index is 924. The summed E-state index contributed by atoms with van der Waals surface area (Å²) in [6, 6.07) is 16.1. The highest BCUT2D eigenvalue weighted by atomic mass is 32.2. The number of aryl methyl sites for hydroxylation is 1. The van der Waals surface area contributed by atoms with Crippen LogP contribution in [0, 0.1) is 6.92 Å². The van der Waals surface area contributed by atoms with Gasteiger partial charge in [-0.2, -0.15) is 0 Å². The Morgan fingerprint density at radius 3 is 2.33 bits per heavy atom. The largest absolute Gasteiger partial charge is 0.370 e. The summed E-state index contributed by atoms with van der Waals surface area (Å²) < 4.78 is 22.8. The Balaban J connectivity index is 1.92. The molecule has 0 fully saturated rings. The molecular formula is C23H34N4O2S. The van der Waals surface area contributed by atoms with Crippen LogP contribution in [0.1, 0.15) is 30.5 Å². The average molecular weight is 431 g/mol. The van der Waals surface area contributed by atoms with Crippen LogP contribution in [0.4, 0.5) is 5.69 Å². The monoisotopic (exact) mass is 430 g/mol. The van der Waals surface area contributed by atoms with Crippen LogP contribution in [0.3, 0.4) is 0 Å². The molecule has 0 heterocycles. The minimum atomic E-state index is -3.02. The Hall–Kier alpha value is -2.54. The number of nitrogens with zero attached hydrogens (tertiary/aromatic N) is 2. The van der Waals surface area contributed by atoms with Crippen molar-refractivity contribution in [3.8, 4) is 0 Å². The summed E-state index contributed by atoms with van der Waals surface area (Å²) in [5.41, 5.74) is 4.33. The highest BCUT2D eigenvalue weighted by Gasteiger charge is 2.06. The molecule has 0 spiro atoms. The first-order chi connectivity index (χ1) is 14.3. The molecule has 0 saturated heterocycles. The molecule has 0 unspecified atom stereocenters. The van der Waals surface area contributed by atoms with Crippen LogP contribution in [0.5, 0.6) is 0 Å². The predicted octanol–water partition coefficient (Wildman–Crippen LogP) is 3.12. The summed E-state index contributed by atoms with van der Waals surface area (Å²) in [7, 11) is -3.02. The van der Waals surface area contributed by atoms with Crippen LogP contribution < -0.4 is 15.5 Å². The first-order valence-corrected chi connectivity index (χ1v) is 12.5. The zero-order valence-electron chi connectivity index (χ0n) is 18.5. The second-order valence-electron chi connectivity index (χ2n) is 7.43. The molecule has 0 aliphatic rings. The van der Waals surface area contributed by atoms with E-state index in [9.17, 15) is 8.42 Å². The van der Waals surface area contributed by atoms with Crippen molar-refractivity contribution in [2.24, 2.45) is 4.99 Å². The highest BCUT2D eigenvalue weighted by molar-refractivity contribution is 7.89. The molecule has 6 nitrogen and oxygen atoms in total. The molecule has 0 aromatic heterocycles. The molecule has 7 heteroatoms. The molecular weight excluding hydrogens is 396 g/mol. The average Bonchev–Trinajstić information content (AvgIpc) is 2.69. The van der Waals surface area contributed by atoms with E-state index in [1.165, 1.54) is 17.5 Å². The summed E-state index contributed by atoms with van der Waals surface area (Å²) >= 11 is 0. The molecule has 0 aliphatic heterocycles. The third kappa shape index (κ3) is 8.45. The van der Waals surface area contributed by atoms with Crippen molar-refractivity contribution in [2.75, 3.05) is 37.3 Å². The first-order valence-electron chi connectivity index (χ1n) is 10.4.